The van der Waals surface area contributed by atoms with Crippen LogP contribution in [0, 0.1) is 0 Å². The Morgan fingerprint density at radius 1 is 1.67 bits per heavy atom. The van der Waals surface area contributed by atoms with Crippen LogP contribution < -0.4 is 5.73 Å². The molecule has 0 aromatic carbocycles. The molecule has 1 rings (SSSR count). The Labute approximate surface area is 73.5 Å². The average molecular weight is 136 g/mol. The van der Waals surface area contributed by atoms with Crippen molar-refractivity contribution in [2.75, 3.05) is 0 Å². The molecule has 0 atom stereocenters. The molecule has 0 saturated heterocycles. The molecular weight excluding hydrogens is 131 g/mol. The second kappa shape index (κ2) is 3.60. The Kier molecular flexibility index (Phi) is 3.44. The van der Waals surface area contributed by atoms with Crippen molar-refractivity contribution in [1.29, 1.82) is 0 Å². The van der Waals surface area contributed by atoms with Gasteiger partial charge in [0, 0.05) is 0 Å². The molecule has 6 heteroatoms. The fourth-order valence-electron chi connectivity index (χ4n) is 0.326. The zero-order chi connectivity index (χ0) is 5.98. The van der Waals surface area contributed by atoms with Crippen LogP contribution in [0.3, 0.4) is 0 Å². The molecule has 0 saturated carbocycles. The van der Waals surface area contributed by atoms with E-state index in [0.29, 0.717) is 0 Å². The van der Waals surface area contributed by atoms with Gasteiger partial charge in [-0.3, -0.25) is 0 Å². The second-order valence-corrected chi connectivity index (χ2v) is 1.19. The van der Waals surface area contributed by atoms with Gasteiger partial charge in [0.15, 0.2) is 0 Å². The van der Waals surface area contributed by atoms with Crippen LogP contribution in [-0.4, -0.2) is 50.6 Å². The molecule has 0 aliphatic heterocycles. The van der Waals surface area contributed by atoms with E-state index >= 15 is 0 Å². The molecule has 0 bridgehead atoms. The van der Waals surface area contributed by atoms with Crippen molar-refractivity contribution in [3.8, 4) is 0 Å². The third kappa shape index (κ3) is 2.13. The first-order chi connectivity index (χ1) is 3.80. The second-order valence-electron chi connectivity index (χ2n) is 1.19. The number of primary amides is 1. The molecule has 1 amide bonds. The van der Waals surface area contributed by atoms with Crippen LogP contribution in [-0.2, 0) is 0 Å². The van der Waals surface area contributed by atoms with E-state index in [1.165, 1.54) is 12.4 Å². The van der Waals surface area contributed by atoms with Crippen molar-refractivity contribution >= 4 is 35.6 Å². The maximum absolute atomic E-state index is 10.1. The molecule has 5 nitrogen and oxygen atoms in total. The minimum atomic E-state index is -0.623. The summed E-state index contributed by atoms with van der Waals surface area (Å²) < 4.78 is 0.944. The van der Waals surface area contributed by atoms with Crippen LogP contribution >= 0.6 is 0 Å². The standard InChI is InChI=1S/C3H4N4O.Na.H/c4-3(8)7-2-1-5-6-7;;/h1-2H,(H2,4,8);;. The van der Waals surface area contributed by atoms with E-state index in [-0.39, 0.29) is 29.6 Å². The molecule has 9 heavy (non-hydrogen) atoms. The third-order valence-corrected chi connectivity index (χ3v) is 0.648. The van der Waals surface area contributed by atoms with Gasteiger partial charge in [-0.1, -0.05) is 5.21 Å². The van der Waals surface area contributed by atoms with Gasteiger partial charge in [0.25, 0.3) is 0 Å². The fourth-order valence-corrected chi connectivity index (χ4v) is 0.326. The predicted molar refractivity (Wildman–Crippen MR) is 32.2 cm³/mol. The number of carbonyl (C=O) groups excluding carboxylic acids is 1. The van der Waals surface area contributed by atoms with Crippen molar-refractivity contribution in [1.82, 2.24) is 15.0 Å². The predicted octanol–water partition coefficient (Wildman–Crippen LogP) is -1.44. The van der Waals surface area contributed by atoms with Gasteiger partial charge in [-0.2, -0.15) is 4.68 Å². The van der Waals surface area contributed by atoms with Crippen LogP contribution in [0.5, 0.6) is 0 Å². The van der Waals surface area contributed by atoms with Crippen molar-refractivity contribution in [3.05, 3.63) is 12.4 Å². The number of carbonyl (C=O) groups is 1. The van der Waals surface area contributed by atoms with Gasteiger partial charge in [0.1, 0.15) is 0 Å². The molecular formula is C3H5N4NaO. The Morgan fingerprint density at radius 2 is 2.33 bits per heavy atom. The van der Waals surface area contributed by atoms with Gasteiger partial charge < -0.3 is 5.73 Å². The van der Waals surface area contributed by atoms with E-state index in [1.807, 2.05) is 0 Å². The minimum absolute atomic E-state index is 0. The summed E-state index contributed by atoms with van der Waals surface area (Å²) in [6, 6.07) is -0.623. The number of hydrogen-bond acceptors (Lipinski definition) is 3. The Balaban J connectivity index is 0.000000640. The molecule has 0 fully saturated rings. The number of nitrogens with zero attached hydrogens (tertiary/aromatic N) is 3. The number of rotatable bonds is 0. The summed E-state index contributed by atoms with van der Waals surface area (Å²) >= 11 is 0. The summed E-state index contributed by atoms with van der Waals surface area (Å²) in [7, 11) is 0. The molecule has 0 spiro atoms. The van der Waals surface area contributed by atoms with Crippen molar-refractivity contribution in [2.45, 2.75) is 0 Å². The first kappa shape index (κ1) is 8.61. The number of amides is 1. The van der Waals surface area contributed by atoms with E-state index in [1.54, 1.807) is 0 Å². The zero-order valence-corrected chi connectivity index (χ0v) is 3.98. The fraction of sp³-hybridized carbons (Fsp3) is 0. The van der Waals surface area contributed by atoms with Gasteiger partial charge in [-0.25, -0.2) is 4.79 Å². The van der Waals surface area contributed by atoms with Crippen LogP contribution in [0.25, 0.3) is 0 Å². The van der Waals surface area contributed by atoms with Crippen LogP contribution in [0.1, 0.15) is 0 Å². The van der Waals surface area contributed by atoms with E-state index < -0.39 is 6.03 Å². The maximum atomic E-state index is 10.1. The molecule has 0 unspecified atom stereocenters. The van der Waals surface area contributed by atoms with E-state index in [0.717, 1.165) is 4.68 Å². The average Bonchev–Trinajstić information content (AvgIpc) is 2.12. The molecule has 1 heterocycles. The van der Waals surface area contributed by atoms with Crippen molar-refractivity contribution < 1.29 is 4.79 Å². The molecule has 2 N–H and O–H groups in total. The number of aromatic nitrogens is 3. The Hall–Kier alpha value is -0.390. The van der Waals surface area contributed by atoms with Crippen LogP contribution in [0.2, 0.25) is 0 Å². The summed E-state index contributed by atoms with van der Waals surface area (Å²) in [6.07, 6.45) is 2.76. The molecule has 0 aliphatic carbocycles. The summed E-state index contributed by atoms with van der Waals surface area (Å²) in [6.45, 7) is 0. The quantitative estimate of drug-likeness (QED) is 0.444. The van der Waals surface area contributed by atoms with Gasteiger partial charge in [-0.05, 0) is 0 Å². The van der Waals surface area contributed by atoms with Gasteiger partial charge >= 0.3 is 35.6 Å². The molecule has 1 aromatic rings. The number of nitrogens with two attached hydrogens (primary N) is 1. The van der Waals surface area contributed by atoms with Gasteiger partial charge in [0.05, 0.1) is 12.4 Å². The van der Waals surface area contributed by atoms with Crippen LogP contribution in [0.4, 0.5) is 4.79 Å². The van der Waals surface area contributed by atoms with E-state index in [4.69, 9.17) is 5.73 Å². The zero-order valence-electron chi connectivity index (χ0n) is 3.98. The first-order valence-corrected chi connectivity index (χ1v) is 1.97. The summed E-state index contributed by atoms with van der Waals surface area (Å²) in [5, 5.41) is 6.66. The van der Waals surface area contributed by atoms with Gasteiger partial charge in [-0.15, -0.1) is 5.10 Å². The first-order valence-electron chi connectivity index (χ1n) is 1.97. The van der Waals surface area contributed by atoms with Crippen molar-refractivity contribution in [3.63, 3.8) is 0 Å². The third-order valence-electron chi connectivity index (χ3n) is 0.648. The number of hydrogen-bond donors (Lipinski definition) is 1. The van der Waals surface area contributed by atoms with Gasteiger partial charge in [0.2, 0.25) is 0 Å². The molecule has 0 aliphatic rings. The topological polar surface area (TPSA) is 73.8 Å². The molecule has 44 valence electrons. The monoisotopic (exact) mass is 136 g/mol. The van der Waals surface area contributed by atoms with E-state index in [2.05, 4.69) is 10.3 Å². The molecule has 0 radical (unpaired) electrons. The SMILES string of the molecule is NC(=O)n1ccnn1.[NaH]. The summed E-state index contributed by atoms with van der Waals surface area (Å²) in [4.78, 5) is 10.1. The van der Waals surface area contributed by atoms with Crippen LogP contribution in [0.15, 0.2) is 12.4 Å². The summed E-state index contributed by atoms with van der Waals surface area (Å²) in [5.41, 5.74) is 4.78. The summed E-state index contributed by atoms with van der Waals surface area (Å²) in [5.74, 6) is 0. The normalized spacial score (nSPS) is 8.00. The van der Waals surface area contributed by atoms with Crippen molar-refractivity contribution in [2.24, 2.45) is 5.73 Å². The van der Waals surface area contributed by atoms with E-state index in [9.17, 15) is 4.79 Å². The molecule has 1 aromatic heterocycles. The Bertz CT molecular complexity index is 184. The Morgan fingerprint density at radius 3 is 2.56 bits per heavy atom.